The Morgan fingerprint density at radius 1 is 1.25 bits per heavy atom. The molecule has 12 heavy (non-hydrogen) atoms. The Labute approximate surface area is 86.9 Å². The molecule has 0 aromatic heterocycles. The molecule has 0 amide bonds. The van der Waals surface area contributed by atoms with Gasteiger partial charge in [0.25, 0.3) is 0 Å². The summed E-state index contributed by atoms with van der Waals surface area (Å²) in [5, 5.41) is 0. The van der Waals surface area contributed by atoms with E-state index in [2.05, 4.69) is 32.0 Å². The third kappa shape index (κ3) is 3.36. The maximum absolute atomic E-state index is 3.95. The quantitative estimate of drug-likeness (QED) is 0.388. The van der Waals surface area contributed by atoms with Crippen LogP contribution in [0.3, 0.4) is 0 Å². The van der Waals surface area contributed by atoms with Gasteiger partial charge in [-0.05, 0) is 20.6 Å². The zero-order valence-corrected chi connectivity index (χ0v) is 8.17. The molecule has 1 nitrogen and oxygen atoms in total. The van der Waals surface area contributed by atoms with E-state index < -0.39 is 0 Å². The van der Waals surface area contributed by atoms with Crippen molar-refractivity contribution in [2.24, 2.45) is 0 Å². The molecule has 0 radical (unpaired) electrons. The van der Waals surface area contributed by atoms with Crippen LogP contribution in [0.25, 0.3) is 0 Å². The summed E-state index contributed by atoms with van der Waals surface area (Å²) in [6.07, 6.45) is 0. The minimum atomic E-state index is 0. The fourth-order valence-electron chi connectivity index (χ4n) is 1.05. The van der Waals surface area contributed by atoms with Gasteiger partial charge in [-0.2, -0.15) is 18.6 Å². The van der Waals surface area contributed by atoms with Gasteiger partial charge in [0.2, 0.25) is 0 Å². The van der Waals surface area contributed by atoms with Crippen LogP contribution in [0, 0.1) is 6.92 Å². The Morgan fingerprint density at radius 2 is 1.83 bits per heavy atom. The Balaban J connectivity index is 0.00000121. The summed E-state index contributed by atoms with van der Waals surface area (Å²) in [6.45, 7) is 4.92. The molecular formula is C10H14LiN. The van der Waals surface area contributed by atoms with E-state index in [9.17, 15) is 0 Å². The summed E-state index contributed by atoms with van der Waals surface area (Å²) in [7, 11) is 4.12. The molecule has 2 heteroatoms. The molecule has 0 N–H and O–H groups in total. The summed E-state index contributed by atoms with van der Waals surface area (Å²) >= 11 is 0. The molecule has 0 atom stereocenters. The van der Waals surface area contributed by atoms with E-state index in [1.807, 2.05) is 18.2 Å². The molecule has 1 aromatic rings. The third-order valence-corrected chi connectivity index (χ3v) is 1.60. The molecular weight excluding hydrogens is 141 g/mol. The molecule has 1 aromatic carbocycles. The predicted molar refractivity (Wildman–Crippen MR) is 48.3 cm³/mol. The van der Waals surface area contributed by atoms with Crippen molar-refractivity contribution in [3.05, 3.63) is 42.3 Å². The van der Waals surface area contributed by atoms with Gasteiger partial charge in [-0.25, -0.2) is 0 Å². The molecule has 0 fully saturated rings. The van der Waals surface area contributed by atoms with Crippen molar-refractivity contribution in [1.82, 2.24) is 4.90 Å². The number of rotatable bonds is 2. The van der Waals surface area contributed by atoms with Gasteiger partial charge in [0.05, 0.1) is 0 Å². The maximum Gasteiger partial charge on any atom is 1.00 e. The van der Waals surface area contributed by atoms with Crippen LogP contribution >= 0.6 is 0 Å². The first-order chi connectivity index (χ1) is 5.20. The van der Waals surface area contributed by atoms with Crippen molar-refractivity contribution in [2.45, 2.75) is 6.54 Å². The molecule has 0 aliphatic heterocycles. The van der Waals surface area contributed by atoms with Gasteiger partial charge in [0, 0.05) is 0 Å². The van der Waals surface area contributed by atoms with Crippen molar-refractivity contribution in [2.75, 3.05) is 14.1 Å². The Morgan fingerprint density at radius 3 is 2.33 bits per heavy atom. The van der Waals surface area contributed by atoms with Gasteiger partial charge in [-0.3, -0.25) is 0 Å². The van der Waals surface area contributed by atoms with Crippen LogP contribution in [-0.4, -0.2) is 19.0 Å². The predicted octanol–water partition coefficient (Wildman–Crippen LogP) is -1.07. The maximum atomic E-state index is 3.95. The first-order valence-electron chi connectivity index (χ1n) is 3.75. The van der Waals surface area contributed by atoms with Gasteiger partial charge in [0.1, 0.15) is 0 Å². The normalized spacial score (nSPS) is 9.58. The van der Waals surface area contributed by atoms with E-state index in [0.29, 0.717) is 0 Å². The average molecular weight is 155 g/mol. The van der Waals surface area contributed by atoms with Crippen LogP contribution < -0.4 is 18.9 Å². The molecule has 0 aliphatic carbocycles. The van der Waals surface area contributed by atoms with Crippen LogP contribution in [0.2, 0.25) is 0 Å². The third-order valence-electron chi connectivity index (χ3n) is 1.60. The molecule has 0 heterocycles. The Hall–Kier alpha value is -0.353. The first-order valence-corrected chi connectivity index (χ1v) is 3.75. The van der Waals surface area contributed by atoms with E-state index in [-0.39, 0.29) is 18.9 Å². The van der Waals surface area contributed by atoms with Crippen molar-refractivity contribution >= 4 is 0 Å². The number of hydrogen-bond acceptors (Lipinski definition) is 1. The standard InChI is InChI=1S/C10H14N.Li/c1-9-6-4-5-7-10(9)8-11(2)3;/h4-7H,1,8H2,2-3H3;/q-1;+1. The van der Waals surface area contributed by atoms with Crippen LogP contribution in [-0.2, 0) is 6.54 Å². The fraction of sp³-hybridized carbons (Fsp3) is 0.300. The van der Waals surface area contributed by atoms with Crippen LogP contribution in [0.5, 0.6) is 0 Å². The number of benzene rings is 1. The Bertz CT molecular complexity index is 233. The van der Waals surface area contributed by atoms with Crippen molar-refractivity contribution in [3.8, 4) is 0 Å². The largest absolute Gasteiger partial charge is 1.00 e. The first kappa shape index (κ1) is 11.6. The zero-order valence-electron chi connectivity index (χ0n) is 8.17. The fourth-order valence-corrected chi connectivity index (χ4v) is 1.05. The SMILES string of the molecule is [CH2-]c1ccccc1CN(C)C.[Li+]. The van der Waals surface area contributed by atoms with E-state index in [4.69, 9.17) is 0 Å². The van der Waals surface area contributed by atoms with Crippen LogP contribution in [0.4, 0.5) is 0 Å². The van der Waals surface area contributed by atoms with E-state index in [1.54, 1.807) is 0 Å². The van der Waals surface area contributed by atoms with Crippen molar-refractivity contribution < 1.29 is 18.9 Å². The van der Waals surface area contributed by atoms with Crippen LogP contribution in [0.1, 0.15) is 11.1 Å². The summed E-state index contributed by atoms with van der Waals surface area (Å²) in [4.78, 5) is 2.14. The Kier molecular flexibility index (Phi) is 5.16. The minimum Gasteiger partial charge on any atom is -0.316 e. The molecule has 0 bridgehead atoms. The smallest absolute Gasteiger partial charge is 0.316 e. The van der Waals surface area contributed by atoms with E-state index >= 15 is 0 Å². The summed E-state index contributed by atoms with van der Waals surface area (Å²) in [5.74, 6) is 0. The van der Waals surface area contributed by atoms with E-state index in [1.165, 1.54) is 5.56 Å². The van der Waals surface area contributed by atoms with Gasteiger partial charge >= 0.3 is 18.9 Å². The van der Waals surface area contributed by atoms with Crippen molar-refractivity contribution in [3.63, 3.8) is 0 Å². The minimum absolute atomic E-state index is 0. The molecule has 0 saturated carbocycles. The molecule has 0 aliphatic rings. The zero-order chi connectivity index (χ0) is 8.27. The average Bonchev–Trinajstić information content (AvgIpc) is 1.93. The second-order valence-electron chi connectivity index (χ2n) is 3.01. The summed E-state index contributed by atoms with van der Waals surface area (Å²) in [6, 6.07) is 8.22. The van der Waals surface area contributed by atoms with Crippen LogP contribution in [0.15, 0.2) is 24.3 Å². The topological polar surface area (TPSA) is 3.24 Å². The second kappa shape index (κ2) is 5.32. The number of hydrogen-bond donors (Lipinski definition) is 0. The van der Waals surface area contributed by atoms with E-state index in [0.717, 1.165) is 12.1 Å². The van der Waals surface area contributed by atoms with Crippen molar-refractivity contribution in [1.29, 1.82) is 0 Å². The molecule has 60 valence electrons. The van der Waals surface area contributed by atoms with Gasteiger partial charge in [-0.1, -0.05) is 6.07 Å². The number of nitrogens with zero attached hydrogens (tertiary/aromatic N) is 1. The van der Waals surface area contributed by atoms with Gasteiger partial charge in [-0.15, -0.1) is 17.7 Å². The summed E-state index contributed by atoms with van der Waals surface area (Å²) < 4.78 is 0. The molecule has 0 unspecified atom stereocenters. The molecule has 0 saturated heterocycles. The molecule has 0 spiro atoms. The molecule has 1 rings (SSSR count). The van der Waals surface area contributed by atoms with Gasteiger partial charge < -0.3 is 4.90 Å². The monoisotopic (exact) mass is 155 g/mol. The summed E-state index contributed by atoms with van der Waals surface area (Å²) in [5.41, 5.74) is 2.43. The second-order valence-corrected chi connectivity index (χ2v) is 3.01. The van der Waals surface area contributed by atoms with Gasteiger partial charge in [0.15, 0.2) is 0 Å².